The highest BCUT2D eigenvalue weighted by Crippen LogP contribution is 2.36. The van der Waals surface area contributed by atoms with Gasteiger partial charge in [-0.3, -0.25) is 0 Å². The van der Waals surface area contributed by atoms with Gasteiger partial charge in [0.2, 0.25) is 15.9 Å². The fourth-order valence-corrected chi connectivity index (χ4v) is 4.07. The summed E-state index contributed by atoms with van der Waals surface area (Å²) in [6, 6.07) is 1.33. The van der Waals surface area contributed by atoms with E-state index in [4.69, 9.17) is 16.0 Å². The molecule has 2 aromatic rings. The number of oxazole rings is 1. The van der Waals surface area contributed by atoms with Gasteiger partial charge >= 0.3 is 6.18 Å². The molecule has 0 fully saturated rings. The van der Waals surface area contributed by atoms with Crippen molar-refractivity contribution in [3.8, 4) is 0 Å². The predicted octanol–water partition coefficient (Wildman–Crippen LogP) is 5.03. The van der Waals surface area contributed by atoms with Gasteiger partial charge < -0.3 is 4.42 Å². The summed E-state index contributed by atoms with van der Waals surface area (Å²) in [4.78, 5) is 3.70. The van der Waals surface area contributed by atoms with Gasteiger partial charge in [-0.05, 0) is 25.1 Å². The monoisotopic (exact) mass is 424 g/mol. The summed E-state index contributed by atoms with van der Waals surface area (Å²) in [6.45, 7) is 7.33. The van der Waals surface area contributed by atoms with Crippen LogP contribution in [0.15, 0.2) is 33.7 Å². The average Bonchev–Trinajstić information content (AvgIpc) is 3.02. The molecule has 5 nitrogen and oxygen atoms in total. The molecule has 1 atom stereocenters. The van der Waals surface area contributed by atoms with Crippen molar-refractivity contribution in [2.24, 2.45) is 0 Å². The Balaban J connectivity index is 2.37. The van der Waals surface area contributed by atoms with Gasteiger partial charge in [0.05, 0.1) is 22.8 Å². The minimum atomic E-state index is -4.62. The van der Waals surface area contributed by atoms with Crippen LogP contribution >= 0.6 is 11.6 Å². The van der Waals surface area contributed by atoms with Gasteiger partial charge in [-0.25, -0.2) is 13.4 Å². The topological polar surface area (TPSA) is 63.4 Å². The molecule has 0 amide bonds. The van der Waals surface area contributed by atoms with Crippen molar-refractivity contribution < 1.29 is 26.0 Å². The number of rotatable bonds is 4. The van der Waals surface area contributed by atoms with Crippen molar-refractivity contribution in [3.05, 3.63) is 46.6 Å². The van der Waals surface area contributed by atoms with Crippen molar-refractivity contribution >= 4 is 21.6 Å². The van der Waals surface area contributed by atoms with Gasteiger partial charge in [-0.1, -0.05) is 32.4 Å². The molecule has 27 heavy (non-hydrogen) atoms. The number of halogens is 4. The van der Waals surface area contributed by atoms with Crippen LogP contribution in [-0.4, -0.2) is 24.8 Å². The van der Waals surface area contributed by atoms with E-state index in [2.05, 4.69) is 4.98 Å². The first-order valence-electron chi connectivity index (χ1n) is 7.96. The first-order valence-corrected chi connectivity index (χ1v) is 9.78. The average molecular weight is 425 g/mol. The lowest BCUT2D eigenvalue weighted by molar-refractivity contribution is -0.137. The second-order valence-corrected chi connectivity index (χ2v) is 9.53. The molecule has 0 spiro atoms. The molecule has 1 aromatic carbocycles. The highest BCUT2D eigenvalue weighted by molar-refractivity contribution is 7.89. The number of hydrogen-bond donors (Lipinski definition) is 0. The minimum absolute atomic E-state index is 0.175. The molecule has 1 unspecified atom stereocenters. The van der Waals surface area contributed by atoms with Gasteiger partial charge in [-0.2, -0.15) is 17.5 Å². The number of aromatic nitrogens is 1. The molecule has 10 heteroatoms. The van der Waals surface area contributed by atoms with Crippen LogP contribution in [-0.2, 0) is 21.6 Å². The largest absolute Gasteiger partial charge is 0.443 e. The van der Waals surface area contributed by atoms with Crippen molar-refractivity contribution in [3.63, 3.8) is 0 Å². The number of alkyl halides is 3. The second kappa shape index (κ2) is 7.10. The molecule has 0 aliphatic heterocycles. The van der Waals surface area contributed by atoms with Gasteiger partial charge in [0, 0.05) is 12.5 Å². The molecule has 0 saturated carbocycles. The van der Waals surface area contributed by atoms with Crippen LogP contribution in [0, 0.1) is 0 Å². The Kier molecular flexibility index (Phi) is 5.71. The first kappa shape index (κ1) is 21.7. The third-order valence-corrected chi connectivity index (χ3v) is 6.49. The molecule has 1 heterocycles. The van der Waals surface area contributed by atoms with Crippen molar-refractivity contribution in [2.75, 3.05) is 7.05 Å². The Labute approximate surface area is 161 Å². The van der Waals surface area contributed by atoms with E-state index in [9.17, 15) is 21.6 Å². The Morgan fingerprint density at radius 3 is 2.26 bits per heavy atom. The number of benzene rings is 1. The standard InChI is InChI=1S/C17H20ClF3N2O3S/c1-10(15-22-9-14(26-15)16(2,3)4)23(5)27(24,25)13-7-6-11(8-12(13)18)17(19,20)21/h6-10H,1-5H3. The third kappa shape index (κ3) is 4.47. The zero-order valence-electron chi connectivity index (χ0n) is 15.4. The van der Waals surface area contributed by atoms with Crippen molar-refractivity contribution in [1.82, 2.24) is 9.29 Å². The minimum Gasteiger partial charge on any atom is -0.443 e. The lowest BCUT2D eigenvalue weighted by Crippen LogP contribution is -2.30. The quantitative estimate of drug-likeness (QED) is 0.690. The first-order chi connectivity index (χ1) is 12.2. The lowest BCUT2D eigenvalue weighted by atomic mass is 9.94. The van der Waals surface area contributed by atoms with Crippen LogP contribution in [0.2, 0.25) is 5.02 Å². The van der Waals surface area contributed by atoms with Gasteiger partial charge in [0.1, 0.15) is 10.7 Å². The normalized spacial score (nSPS) is 14.6. The van der Waals surface area contributed by atoms with E-state index in [0.717, 1.165) is 10.4 Å². The molecule has 0 radical (unpaired) electrons. The van der Waals surface area contributed by atoms with Crippen LogP contribution in [0.1, 0.15) is 51.0 Å². The Morgan fingerprint density at radius 1 is 1.22 bits per heavy atom. The van der Waals surface area contributed by atoms with Crippen LogP contribution in [0.4, 0.5) is 13.2 Å². The van der Waals surface area contributed by atoms with E-state index in [0.29, 0.717) is 17.9 Å². The zero-order valence-corrected chi connectivity index (χ0v) is 17.0. The highest BCUT2D eigenvalue weighted by atomic mass is 35.5. The van der Waals surface area contributed by atoms with Crippen molar-refractivity contribution in [1.29, 1.82) is 0 Å². The summed E-state index contributed by atoms with van der Waals surface area (Å²) in [6.07, 6.45) is -3.09. The van der Waals surface area contributed by atoms with Crippen molar-refractivity contribution in [2.45, 2.75) is 50.2 Å². The van der Waals surface area contributed by atoms with E-state index < -0.39 is 37.7 Å². The summed E-state index contributed by atoms with van der Waals surface area (Å²) in [7, 11) is -2.88. The Morgan fingerprint density at radius 2 is 1.81 bits per heavy atom. The third-order valence-electron chi connectivity index (χ3n) is 4.08. The van der Waals surface area contributed by atoms with E-state index in [1.165, 1.54) is 13.2 Å². The number of hydrogen-bond acceptors (Lipinski definition) is 4. The molecule has 0 N–H and O–H groups in total. The summed E-state index contributed by atoms with van der Waals surface area (Å²) in [5.41, 5.74) is -1.33. The van der Waals surface area contributed by atoms with E-state index in [-0.39, 0.29) is 11.3 Å². The fraction of sp³-hybridized carbons (Fsp3) is 0.471. The molecule has 0 bridgehead atoms. The highest BCUT2D eigenvalue weighted by Gasteiger charge is 2.35. The Bertz CT molecular complexity index is 934. The summed E-state index contributed by atoms with van der Waals surface area (Å²) >= 11 is 5.83. The van der Waals surface area contributed by atoms with Crippen LogP contribution in [0.3, 0.4) is 0 Å². The second-order valence-electron chi connectivity index (χ2n) is 7.15. The predicted molar refractivity (Wildman–Crippen MR) is 95.0 cm³/mol. The summed E-state index contributed by atoms with van der Waals surface area (Å²) < 4.78 is 70.6. The lowest BCUT2D eigenvalue weighted by Gasteiger charge is -2.23. The summed E-state index contributed by atoms with van der Waals surface area (Å²) in [5.74, 6) is 0.761. The zero-order chi connectivity index (χ0) is 20.8. The molecule has 0 aliphatic carbocycles. The van der Waals surface area contributed by atoms with E-state index in [1.54, 1.807) is 6.92 Å². The summed E-state index contributed by atoms with van der Waals surface area (Å²) in [5, 5.41) is -0.508. The molecule has 0 saturated heterocycles. The molecule has 2 rings (SSSR count). The maximum atomic E-state index is 12.8. The van der Waals surface area contributed by atoms with Gasteiger partial charge in [-0.15, -0.1) is 0 Å². The van der Waals surface area contributed by atoms with Crippen LogP contribution in [0.5, 0.6) is 0 Å². The Hall–Kier alpha value is -1.58. The molecule has 150 valence electrons. The molecule has 0 aliphatic rings. The molecule has 1 aromatic heterocycles. The van der Waals surface area contributed by atoms with Gasteiger partial charge in [0.25, 0.3) is 0 Å². The molecular weight excluding hydrogens is 405 g/mol. The smallest absolute Gasteiger partial charge is 0.416 e. The maximum Gasteiger partial charge on any atom is 0.416 e. The SMILES string of the molecule is CC(c1ncc(C(C)(C)C)o1)N(C)S(=O)(=O)c1ccc(C(F)(F)F)cc1Cl. The maximum absolute atomic E-state index is 12.8. The van der Waals surface area contributed by atoms with E-state index >= 15 is 0 Å². The van der Waals surface area contributed by atoms with Crippen LogP contribution < -0.4 is 0 Å². The van der Waals surface area contributed by atoms with Gasteiger partial charge in [0.15, 0.2) is 0 Å². The number of sulfonamides is 1. The number of nitrogens with zero attached hydrogens (tertiary/aromatic N) is 2. The fourth-order valence-electron chi connectivity index (χ4n) is 2.23. The van der Waals surface area contributed by atoms with Crippen LogP contribution in [0.25, 0.3) is 0 Å². The van der Waals surface area contributed by atoms with E-state index in [1.807, 2.05) is 20.8 Å². The molecular formula is C17H20ClF3N2O3S.